The van der Waals surface area contributed by atoms with E-state index < -0.39 is 5.60 Å². The highest BCUT2D eigenvalue weighted by molar-refractivity contribution is 14.1. The summed E-state index contributed by atoms with van der Waals surface area (Å²) in [6.45, 7) is 1.79. The lowest BCUT2D eigenvalue weighted by molar-refractivity contribution is 0.0540. The lowest BCUT2D eigenvalue weighted by atomic mass is 9.94. The Morgan fingerprint density at radius 3 is 2.38 bits per heavy atom. The number of aliphatic hydroxyl groups is 1. The molecule has 0 saturated heterocycles. The Balaban J connectivity index is 2.87. The molecule has 13 heavy (non-hydrogen) atoms. The van der Waals surface area contributed by atoms with Gasteiger partial charge in [0.15, 0.2) is 0 Å². The van der Waals surface area contributed by atoms with Crippen molar-refractivity contribution >= 4 is 34.2 Å². The fourth-order valence-electron chi connectivity index (χ4n) is 1.14. The molecule has 1 nitrogen and oxygen atoms in total. The Labute approximate surface area is 97.3 Å². The van der Waals surface area contributed by atoms with Gasteiger partial charge in [-0.05, 0) is 53.6 Å². The zero-order valence-corrected chi connectivity index (χ0v) is 10.3. The fourth-order valence-corrected chi connectivity index (χ4v) is 1.86. The van der Waals surface area contributed by atoms with Crippen molar-refractivity contribution in [3.63, 3.8) is 0 Å². The predicted molar refractivity (Wildman–Crippen MR) is 64.1 cm³/mol. The third-order valence-corrected chi connectivity index (χ3v) is 2.96. The minimum atomic E-state index is -0.800. The van der Waals surface area contributed by atoms with Crippen molar-refractivity contribution < 1.29 is 5.11 Å². The van der Waals surface area contributed by atoms with E-state index in [9.17, 15) is 5.11 Å². The van der Waals surface area contributed by atoms with Gasteiger partial charge in [-0.3, -0.25) is 0 Å². The Morgan fingerprint density at radius 2 is 1.92 bits per heavy atom. The van der Waals surface area contributed by atoms with E-state index in [2.05, 4.69) is 22.6 Å². The van der Waals surface area contributed by atoms with Gasteiger partial charge < -0.3 is 5.11 Å². The third-order valence-electron chi connectivity index (χ3n) is 2.05. The molecule has 0 heterocycles. The van der Waals surface area contributed by atoms with Gasteiger partial charge >= 0.3 is 0 Å². The van der Waals surface area contributed by atoms with Crippen LogP contribution in [0, 0.1) is 3.57 Å². The molecule has 3 heteroatoms. The number of hydrogen-bond acceptors (Lipinski definition) is 1. The Kier molecular flexibility index (Phi) is 4.01. The van der Waals surface area contributed by atoms with Crippen molar-refractivity contribution in [2.45, 2.75) is 18.9 Å². The molecular formula is C10H12ClIO. The zero-order chi connectivity index (χ0) is 9.90. The van der Waals surface area contributed by atoms with Crippen molar-refractivity contribution in [1.82, 2.24) is 0 Å². The fraction of sp³-hybridized carbons (Fsp3) is 0.400. The van der Waals surface area contributed by atoms with E-state index in [1.807, 2.05) is 24.3 Å². The van der Waals surface area contributed by atoms with E-state index in [4.69, 9.17) is 11.6 Å². The molecule has 0 aliphatic rings. The van der Waals surface area contributed by atoms with Crippen LogP contribution < -0.4 is 0 Å². The first-order chi connectivity index (χ1) is 6.06. The first-order valence-corrected chi connectivity index (χ1v) is 5.72. The number of alkyl halides is 1. The average Bonchev–Trinajstić information content (AvgIpc) is 2.05. The van der Waals surface area contributed by atoms with E-state index in [1.54, 1.807) is 6.92 Å². The van der Waals surface area contributed by atoms with E-state index >= 15 is 0 Å². The standard InChI is InChI=1S/C10H12ClIO/c1-10(13,6-7-11)8-2-4-9(12)5-3-8/h2-5,13H,6-7H2,1H3. The molecule has 0 aliphatic heterocycles. The van der Waals surface area contributed by atoms with Gasteiger partial charge in [0.05, 0.1) is 5.60 Å². The highest BCUT2D eigenvalue weighted by Crippen LogP contribution is 2.25. The number of halogens is 2. The maximum Gasteiger partial charge on any atom is 0.0879 e. The summed E-state index contributed by atoms with van der Waals surface area (Å²) in [6.07, 6.45) is 0.579. The molecule has 0 aromatic heterocycles. The lowest BCUT2D eigenvalue weighted by Crippen LogP contribution is -2.21. The van der Waals surface area contributed by atoms with Gasteiger partial charge in [0, 0.05) is 9.45 Å². The summed E-state index contributed by atoms with van der Waals surface area (Å²) < 4.78 is 1.17. The minimum absolute atomic E-state index is 0.471. The second kappa shape index (κ2) is 4.62. The van der Waals surface area contributed by atoms with Crippen LogP contribution in [0.2, 0.25) is 0 Å². The summed E-state index contributed by atoms with van der Waals surface area (Å²) in [4.78, 5) is 0. The molecule has 1 aromatic carbocycles. The summed E-state index contributed by atoms with van der Waals surface area (Å²) in [7, 11) is 0. The smallest absolute Gasteiger partial charge is 0.0879 e. The number of rotatable bonds is 3. The summed E-state index contributed by atoms with van der Waals surface area (Å²) in [5.41, 5.74) is 0.125. The predicted octanol–water partition coefficient (Wildman–Crippen LogP) is 3.13. The molecule has 1 unspecified atom stereocenters. The minimum Gasteiger partial charge on any atom is -0.385 e. The van der Waals surface area contributed by atoms with Crippen molar-refractivity contribution in [2.75, 3.05) is 5.88 Å². The second-order valence-corrected chi connectivity index (χ2v) is 4.84. The van der Waals surface area contributed by atoms with Gasteiger partial charge in [-0.15, -0.1) is 11.6 Å². The van der Waals surface area contributed by atoms with Crippen LogP contribution in [-0.4, -0.2) is 11.0 Å². The molecule has 0 saturated carbocycles. The molecule has 1 atom stereocenters. The van der Waals surface area contributed by atoms with Gasteiger partial charge in [-0.1, -0.05) is 12.1 Å². The third kappa shape index (κ3) is 3.11. The second-order valence-electron chi connectivity index (χ2n) is 3.22. The van der Waals surface area contributed by atoms with Crippen LogP contribution in [0.25, 0.3) is 0 Å². The zero-order valence-electron chi connectivity index (χ0n) is 7.43. The van der Waals surface area contributed by atoms with Crippen molar-refractivity contribution in [3.05, 3.63) is 33.4 Å². The quantitative estimate of drug-likeness (QED) is 0.672. The first kappa shape index (κ1) is 11.3. The van der Waals surface area contributed by atoms with Crippen molar-refractivity contribution in [3.8, 4) is 0 Å². The molecular weight excluding hydrogens is 298 g/mol. The topological polar surface area (TPSA) is 20.2 Å². The van der Waals surface area contributed by atoms with Gasteiger partial charge in [0.2, 0.25) is 0 Å². The lowest BCUT2D eigenvalue weighted by Gasteiger charge is -2.22. The Hall–Kier alpha value is 0.200. The SMILES string of the molecule is CC(O)(CCCl)c1ccc(I)cc1. The van der Waals surface area contributed by atoms with Crippen LogP contribution in [0.4, 0.5) is 0 Å². The highest BCUT2D eigenvalue weighted by atomic mass is 127. The van der Waals surface area contributed by atoms with E-state index in [-0.39, 0.29) is 0 Å². The Bertz CT molecular complexity index is 269. The maximum atomic E-state index is 9.99. The van der Waals surface area contributed by atoms with E-state index in [1.165, 1.54) is 3.57 Å². The van der Waals surface area contributed by atoms with Gasteiger partial charge in [0.1, 0.15) is 0 Å². The number of benzene rings is 1. The van der Waals surface area contributed by atoms with Gasteiger partial charge in [-0.25, -0.2) is 0 Å². The van der Waals surface area contributed by atoms with Crippen molar-refractivity contribution in [2.24, 2.45) is 0 Å². The highest BCUT2D eigenvalue weighted by Gasteiger charge is 2.21. The molecule has 72 valence electrons. The van der Waals surface area contributed by atoms with E-state index in [0.717, 1.165) is 5.56 Å². The van der Waals surface area contributed by atoms with E-state index in [0.29, 0.717) is 12.3 Å². The monoisotopic (exact) mass is 310 g/mol. The molecule has 1 rings (SSSR count). The average molecular weight is 311 g/mol. The molecule has 0 aliphatic carbocycles. The summed E-state index contributed by atoms with van der Waals surface area (Å²) >= 11 is 7.84. The number of hydrogen-bond donors (Lipinski definition) is 1. The molecule has 0 radical (unpaired) electrons. The summed E-state index contributed by atoms with van der Waals surface area (Å²) in [5.74, 6) is 0.471. The molecule has 0 spiro atoms. The molecule has 1 aromatic rings. The van der Waals surface area contributed by atoms with Crippen LogP contribution in [0.5, 0.6) is 0 Å². The van der Waals surface area contributed by atoms with Gasteiger partial charge in [-0.2, -0.15) is 0 Å². The largest absolute Gasteiger partial charge is 0.385 e. The normalized spacial score (nSPS) is 15.4. The maximum absolute atomic E-state index is 9.99. The van der Waals surface area contributed by atoms with Crippen LogP contribution in [-0.2, 0) is 5.60 Å². The van der Waals surface area contributed by atoms with Crippen LogP contribution in [0.1, 0.15) is 18.9 Å². The van der Waals surface area contributed by atoms with Crippen LogP contribution >= 0.6 is 34.2 Å². The molecule has 0 fully saturated rings. The van der Waals surface area contributed by atoms with Gasteiger partial charge in [0.25, 0.3) is 0 Å². The van der Waals surface area contributed by atoms with Crippen LogP contribution in [0.15, 0.2) is 24.3 Å². The first-order valence-electron chi connectivity index (χ1n) is 4.10. The molecule has 0 bridgehead atoms. The summed E-state index contributed by atoms with van der Waals surface area (Å²) in [6, 6.07) is 7.85. The molecule has 0 amide bonds. The Morgan fingerprint density at radius 1 is 1.38 bits per heavy atom. The molecule has 1 N–H and O–H groups in total. The van der Waals surface area contributed by atoms with Crippen molar-refractivity contribution in [1.29, 1.82) is 0 Å². The van der Waals surface area contributed by atoms with Crippen LogP contribution in [0.3, 0.4) is 0 Å². The summed E-state index contributed by atoms with van der Waals surface area (Å²) in [5, 5.41) is 9.99.